The third-order valence-electron chi connectivity index (χ3n) is 4.76. The summed E-state index contributed by atoms with van der Waals surface area (Å²) in [7, 11) is 3.39. The minimum absolute atomic E-state index is 0.109. The number of rotatable bonds is 7. The fraction of sp³-hybridized carbons (Fsp3) is 0.174. The molecule has 0 bridgehead atoms. The highest BCUT2D eigenvalue weighted by atomic mass is 16.5. The number of hydrogen-bond acceptors (Lipinski definition) is 8. The zero-order valence-electron chi connectivity index (χ0n) is 18.2. The third kappa shape index (κ3) is 4.41. The van der Waals surface area contributed by atoms with Crippen molar-refractivity contribution in [3.05, 3.63) is 66.2 Å². The summed E-state index contributed by atoms with van der Waals surface area (Å²) >= 11 is 0. The molecule has 4 rings (SSSR count). The van der Waals surface area contributed by atoms with E-state index in [1.54, 1.807) is 37.4 Å². The monoisotopic (exact) mass is 429 g/mol. The molecule has 0 unspecified atom stereocenters. The normalized spacial score (nSPS) is 10.6. The number of hydrogen-bond donors (Lipinski definition) is 2. The predicted molar refractivity (Wildman–Crippen MR) is 123 cm³/mol. The van der Waals surface area contributed by atoms with E-state index in [9.17, 15) is 4.79 Å². The molecule has 0 aliphatic rings. The summed E-state index contributed by atoms with van der Waals surface area (Å²) in [6.07, 6.45) is 3.17. The van der Waals surface area contributed by atoms with Crippen LogP contribution in [0.15, 0.2) is 55.0 Å². The molecule has 0 amide bonds. The van der Waals surface area contributed by atoms with Crippen LogP contribution < -0.4 is 15.4 Å². The zero-order valence-corrected chi connectivity index (χ0v) is 18.2. The summed E-state index contributed by atoms with van der Waals surface area (Å²) in [5.41, 5.74) is 3.34. The molecular formula is C23H23N7O2. The lowest BCUT2D eigenvalue weighted by molar-refractivity contribution is 0.101. The van der Waals surface area contributed by atoms with Gasteiger partial charge in [-0.2, -0.15) is 5.10 Å². The summed E-state index contributed by atoms with van der Waals surface area (Å²) in [6, 6.07) is 13.1. The van der Waals surface area contributed by atoms with Gasteiger partial charge in [0.1, 0.15) is 18.0 Å². The zero-order chi connectivity index (χ0) is 22.7. The molecule has 9 nitrogen and oxygen atoms in total. The van der Waals surface area contributed by atoms with Gasteiger partial charge in [0.15, 0.2) is 17.4 Å². The van der Waals surface area contributed by atoms with Gasteiger partial charge < -0.3 is 15.4 Å². The number of benzene rings is 1. The number of ether oxygens (including phenoxy) is 1. The van der Waals surface area contributed by atoms with Crippen LogP contribution >= 0.6 is 0 Å². The van der Waals surface area contributed by atoms with Crippen LogP contribution in [-0.2, 0) is 7.05 Å². The maximum Gasteiger partial charge on any atom is 0.184 e. The van der Waals surface area contributed by atoms with E-state index < -0.39 is 0 Å². The fourth-order valence-corrected chi connectivity index (χ4v) is 3.29. The molecular weight excluding hydrogens is 406 g/mol. The van der Waals surface area contributed by atoms with Gasteiger partial charge in [-0.05, 0) is 38.1 Å². The van der Waals surface area contributed by atoms with Crippen molar-refractivity contribution in [1.82, 2.24) is 24.7 Å². The second kappa shape index (κ2) is 8.84. The second-order valence-electron chi connectivity index (χ2n) is 7.21. The van der Waals surface area contributed by atoms with Crippen molar-refractivity contribution < 1.29 is 9.53 Å². The molecule has 2 N–H and O–H groups in total. The number of ketones is 1. The Labute approximate surface area is 185 Å². The van der Waals surface area contributed by atoms with E-state index in [0.29, 0.717) is 40.1 Å². The molecule has 4 aromatic rings. The molecule has 0 aliphatic carbocycles. The number of methoxy groups -OCH3 is 1. The Hall–Kier alpha value is -4.27. The van der Waals surface area contributed by atoms with Crippen LogP contribution in [0.3, 0.4) is 0 Å². The Morgan fingerprint density at radius 2 is 1.84 bits per heavy atom. The quantitative estimate of drug-likeness (QED) is 0.419. The first kappa shape index (κ1) is 21.0. The molecule has 0 fully saturated rings. The van der Waals surface area contributed by atoms with Crippen molar-refractivity contribution >= 4 is 28.8 Å². The predicted octanol–water partition coefficient (Wildman–Crippen LogP) is 4.28. The molecule has 1 aromatic carbocycles. The smallest absolute Gasteiger partial charge is 0.184 e. The molecule has 32 heavy (non-hydrogen) atoms. The summed E-state index contributed by atoms with van der Waals surface area (Å²) in [5, 5.41) is 10.9. The van der Waals surface area contributed by atoms with Crippen LogP contribution in [0.4, 0.5) is 23.0 Å². The lowest BCUT2D eigenvalue weighted by atomic mass is 10.1. The van der Waals surface area contributed by atoms with Crippen LogP contribution in [0.1, 0.15) is 23.0 Å². The maximum absolute atomic E-state index is 12.2. The number of pyridine rings is 2. The van der Waals surface area contributed by atoms with Crippen LogP contribution in [0.2, 0.25) is 0 Å². The van der Waals surface area contributed by atoms with Gasteiger partial charge in [0.05, 0.1) is 29.6 Å². The molecule has 162 valence electrons. The van der Waals surface area contributed by atoms with E-state index >= 15 is 0 Å². The lowest BCUT2D eigenvalue weighted by Crippen LogP contribution is -2.05. The van der Waals surface area contributed by atoms with Crippen molar-refractivity contribution in [2.75, 3.05) is 17.7 Å². The van der Waals surface area contributed by atoms with E-state index in [1.807, 2.05) is 43.3 Å². The van der Waals surface area contributed by atoms with Crippen molar-refractivity contribution in [3.63, 3.8) is 0 Å². The Bertz CT molecular complexity index is 1280. The highest BCUT2D eigenvalue weighted by molar-refractivity contribution is 6.00. The molecule has 0 saturated carbocycles. The molecule has 0 atom stereocenters. The molecule has 0 saturated heterocycles. The number of carbonyl (C=O) groups is 1. The van der Waals surface area contributed by atoms with E-state index in [2.05, 4.69) is 30.7 Å². The molecule has 3 heterocycles. The van der Waals surface area contributed by atoms with Gasteiger partial charge >= 0.3 is 0 Å². The van der Waals surface area contributed by atoms with E-state index in [-0.39, 0.29) is 5.78 Å². The molecule has 3 aromatic heterocycles. The molecule has 0 spiro atoms. The first-order chi connectivity index (χ1) is 15.4. The van der Waals surface area contributed by atoms with Crippen molar-refractivity contribution in [3.8, 4) is 17.1 Å². The van der Waals surface area contributed by atoms with Crippen molar-refractivity contribution in [2.24, 2.45) is 7.05 Å². The third-order valence-corrected chi connectivity index (χ3v) is 4.76. The topological polar surface area (TPSA) is 107 Å². The van der Waals surface area contributed by atoms with Gasteiger partial charge in [0, 0.05) is 25.0 Å². The first-order valence-electron chi connectivity index (χ1n) is 9.96. The highest BCUT2D eigenvalue weighted by Crippen LogP contribution is 2.37. The van der Waals surface area contributed by atoms with Crippen molar-refractivity contribution in [2.45, 2.75) is 13.8 Å². The fourth-order valence-electron chi connectivity index (χ4n) is 3.29. The van der Waals surface area contributed by atoms with Gasteiger partial charge in [0.25, 0.3) is 0 Å². The van der Waals surface area contributed by atoms with E-state index in [1.165, 1.54) is 6.92 Å². The number of nitrogens with one attached hydrogen (secondary N) is 2. The minimum atomic E-state index is -0.109. The van der Waals surface area contributed by atoms with Gasteiger partial charge in [0.2, 0.25) is 0 Å². The molecule has 9 heteroatoms. The lowest BCUT2D eigenvalue weighted by Gasteiger charge is -2.16. The Kier molecular flexibility index (Phi) is 5.80. The second-order valence-corrected chi connectivity index (χ2v) is 7.21. The minimum Gasteiger partial charge on any atom is -0.494 e. The number of carbonyl (C=O) groups excluding carboxylic acids is 1. The first-order valence-corrected chi connectivity index (χ1v) is 9.96. The Morgan fingerprint density at radius 1 is 1.03 bits per heavy atom. The largest absolute Gasteiger partial charge is 0.494 e. The van der Waals surface area contributed by atoms with Crippen LogP contribution in [0.5, 0.6) is 5.75 Å². The van der Waals surface area contributed by atoms with Gasteiger partial charge in [-0.15, -0.1) is 0 Å². The highest BCUT2D eigenvalue weighted by Gasteiger charge is 2.17. The van der Waals surface area contributed by atoms with E-state index in [4.69, 9.17) is 4.74 Å². The van der Waals surface area contributed by atoms with Crippen molar-refractivity contribution in [1.29, 1.82) is 0 Å². The molecule has 0 aliphatic heterocycles. The summed E-state index contributed by atoms with van der Waals surface area (Å²) in [5.74, 6) is 2.22. The number of Topliss-reactive ketones (excluding diaryl/α,β-unsaturated/α-hetero) is 1. The Balaban J connectivity index is 1.72. The number of aromatic nitrogens is 5. The summed E-state index contributed by atoms with van der Waals surface area (Å²) in [6.45, 7) is 3.42. The van der Waals surface area contributed by atoms with Crippen LogP contribution in [0.25, 0.3) is 11.4 Å². The van der Waals surface area contributed by atoms with Gasteiger partial charge in [-0.1, -0.05) is 12.1 Å². The SMILES string of the molecule is COc1c(Nc2cc(Nc3cccc(C)n3)ncc2C(C)=O)cccc1-c1ncn(C)n1. The van der Waals surface area contributed by atoms with Crippen LogP contribution in [0, 0.1) is 6.92 Å². The number of aryl methyl sites for hydroxylation is 2. The Morgan fingerprint density at radius 3 is 2.53 bits per heavy atom. The summed E-state index contributed by atoms with van der Waals surface area (Å²) in [4.78, 5) is 25.4. The molecule has 0 radical (unpaired) electrons. The average Bonchev–Trinajstić information content (AvgIpc) is 3.19. The summed E-state index contributed by atoms with van der Waals surface area (Å²) < 4.78 is 7.30. The number of anilines is 4. The van der Waals surface area contributed by atoms with Crippen LogP contribution in [-0.4, -0.2) is 37.6 Å². The van der Waals surface area contributed by atoms with Gasteiger partial charge in [-0.25, -0.2) is 15.0 Å². The standard InChI is InChI=1S/C23H23N7O2/c1-14-7-5-10-20(26-14)28-21-11-19(17(12-24-21)15(2)31)27-18-9-6-8-16(22(18)32-4)23-25-13-30(3)29-23/h5-13H,1-4H3,(H2,24,26,27,28). The maximum atomic E-state index is 12.2. The number of nitrogens with zero attached hydrogens (tertiary/aromatic N) is 5. The van der Waals surface area contributed by atoms with Gasteiger partial charge in [-0.3, -0.25) is 9.48 Å². The number of para-hydroxylation sites is 1. The van der Waals surface area contributed by atoms with E-state index in [0.717, 1.165) is 11.3 Å². The average molecular weight is 429 g/mol.